The average molecular weight is 288 g/mol. The lowest BCUT2D eigenvalue weighted by atomic mass is 10.3. The molecule has 0 bridgehead atoms. The molecular formula is C15H20N4O2. The van der Waals surface area contributed by atoms with Crippen molar-refractivity contribution in [3.8, 4) is 5.75 Å². The predicted octanol–water partition coefficient (Wildman–Crippen LogP) is 1.97. The first-order valence-corrected chi connectivity index (χ1v) is 6.89. The Labute approximate surface area is 123 Å². The van der Waals surface area contributed by atoms with E-state index in [9.17, 15) is 4.79 Å². The summed E-state index contributed by atoms with van der Waals surface area (Å²) in [6.45, 7) is 2.32. The van der Waals surface area contributed by atoms with Crippen LogP contribution in [-0.4, -0.2) is 22.3 Å². The fraction of sp³-hybridized carbons (Fsp3) is 0.333. The highest BCUT2D eigenvalue weighted by atomic mass is 16.5. The van der Waals surface area contributed by atoms with Crippen molar-refractivity contribution in [3.05, 3.63) is 36.2 Å². The van der Waals surface area contributed by atoms with Gasteiger partial charge in [-0.15, -0.1) is 0 Å². The number of amides is 1. The number of carbonyl (C=O) groups excluding carboxylic acids is 1. The number of nitrogens with two attached hydrogens (primary N) is 1. The van der Waals surface area contributed by atoms with Crippen molar-refractivity contribution in [3.63, 3.8) is 0 Å². The van der Waals surface area contributed by atoms with E-state index in [1.165, 1.54) is 0 Å². The van der Waals surface area contributed by atoms with Crippen molar-refractivity contribution < 1.29 is 9.53 Å². The van der Waals surface area contributed by atoms with E-state index in [2.05, 4.69) is 10.4 Å². The van der Waals surface area contributed by atoms with E-state index in [-0.39, 0.29) is 12.3 Å². The molecule has 0 aliphatic heterocycles. The van der Waals surface area contributed by atoms with Crippen molar-refractivity contribution in [1.82, 2.24) is 9.78 Å². The van der Waals surface area contributed by atoms with E-state index in [0.717, 1.165) is 17.8 Å². The normalized spacial score (nSPS) is 10.4. The Hall–Kier alpha value is -2.50. The first-order valence-electron chi connectivity index (χ1n) is 6.89. The zero-order chi connectivity index (χ0) is 15.2. The van der Waals surface area contributed by atoms with E-state index in [4.69, 9.17) is 10.5 Å². The summed E-state index contributed by atoms with van der Waals surface area (Å²) in [5.41, 5.74) is 7.92. The predicted molar refractivity (Wildman–Crippen MR) is 82.2 cm³/mol. The molecule has 21 heavy (non-hydrogen) atoms. The molecule has 0 radical (unpaired) electrons. The molecule has 0 unspecified atom stereocenters. The van der Waals surface area contributed by atoms with Gasteiger partial charge in [0.1, 0.15) is 5.75 Å². The van der Waals surface area contributed by atoms with Crippen molar-refractivity contribution in [2.75, 3.05) is 17.7 Å². The van der Waals surface area contributed by atoms with Gasteiger partial charge in [-0.2, -0.15) is 5.10 Å². The topological polar surface area (TPSA) is 82.2 Å². The van der Waals surface area contributed by atoms with Gasteiger partial charge in [0.05, 0.1) is 24.4 Å². The quantitative estimate of drug-likeness (QED) is 0.796. The molecule has 1 heterocycles. The number of rotatable bonds is 6. The molecule has 1 aromatic carbocycles. The molecule has 0 aliphatic carbocycles. The molecule has 6 nitrogen and oxygen atoms in total. The fourth-order valence-electron chi connectivity index (χ4n) is 1.94. The van der Waals surface area contributed by atoms with Crippen molar-refractivity contribution in [1.29, 1.82) is 0 Å². The standard InChI is InChI=1S/C15H20N4O2/c1-3-13-14(10-19(2)18-13)17-15(20)8-9-21-12-6-4-11(16)5-7-12/h4-7,10H,3,8-9,16H2,1-2H3,(H,17,20). The van der Waals surface area contributed by atoms with Crippen LogP contribution < -0.4 is 15.8 Å². The van der Waals surface area contributed by atoms with E-state index in [1.54, 1.807) is 35.1 Å². The summed E-state index contributed by atoms with van der Waals surface area (Å²) < 4.78 is 7.19. The minimum atomic E-state index is -0.0897. The van der Waals surface area contributed by atoms with E-state index in [0.29, 0.717) is 18.0 Å². The first kappa shape index (κ1) is 14.9. The smallest absolute Gasteiger partial charge is 0.227 e. The lowest BCUT2D eigenvalue weighted by Crippen LogP contribution is -2.15. The Kier molecular flexibility index (Phi) is 4.81. The van der Waals surface area contributed by atoms with Gasteiger partial charge in [0, 0.05) is 18.9 Å². The number of aryl methyl sites for hydroxylation is 2. The summed E-state index contributed by atoms with van der Waals surface area (Å²) in [6, 6.07) is 7.09. The summed E-state index contributed by atoms with van der Waals surface area (Å²) in [4.78, 5) is 11.9. The summed E-state index contributed by atoms with van der Waals surface area (Å²) in [5, 5.41) is 7.13. The summed E-state index contributed by atoms with van der Waals surface area (Å²) >= 11 is 0. The number of hydrogen-bond donors (Lipinski definition) is 2. The van der Waals surface area contributed by atoms with Crippen LogP contribution in [0.4, 0.5) is 11.4 Å². The van der Waals surface area contributed by atoms with Crippen LogP contribution in [-0.2, 0) is 18.3 Å². The van der Waals surface area contributed by atoms with Gasteiger partial charge >= 0.3 is 0 Å². The zero-order valence-electron chi connectivity index (χ0n) is 12.3. The van der Waals surface area contributed by atoms with Crippen LogP contribution in [0, 0.1) is 0 Å². The molecule has 0 atom stereocenters. The molecule has 6 heteroatoms. The number of carbonyl (C=O) groups is 1. The van der Waals surface area contributed by atoms with Crippen molar-refractivity contribution >= 4 is 17.3 Å². The first-order chi connectivity index (χ1) is 10.1. The van der Waals surface area contributed by atoms with Crippen LogP contribution >= 0.6 is 0 Å². The molecule has 0 saturated heterocycles. The lowest BCUT2D eigenvalue weighted by Gasteiger charge is -2.07. The van der Waals surface area contributed by atoms with Gasteiger partial charge in [0.25, 0.3) is 0 Å². The SMILES string of the molecule is CCc1nn(C)cc1NC(=O)CCOc1ccc(N)cc1. The number of nitrogen functional groups attached to an aromatic ring is 1. The summed E-state index contributed by atoms with van der Waals surface area (Å²) in [6.07, 6.45) is 2.86. The van der Waals surface area contributed by atoms with Crippen molar-refractivity contribution in [2.45, 2.75) is 19.8 Å². The molecule has 0 spiro atoms. The summed E-state index contributed by atoms with van der Waals surface area (Å²) in [5.74, 6) is 0.612. The van der Waals surface area contributed by atoms with Crippen LogP contribution in [0.25, 0.3) is 0 Å². The number of aromatic nitrogens is 2. The monoisotopic (exact) mass is 288 g/mol. The minimum absolute atomic E-state index is 0.0897. The average Bonchev–Trinajstić information content (AvgIpc) is 2.81. The maximum absolute atomic E-state index is 11.9. The van der Waals surface area contributed by atoms with Gasteiger partial charge in [-0.3, -0.25) is 9.48 Å². The minimum Gasteiger partial charge on any atom is -0.493 e. The maximum Gasteiger partial charge on any atom is 0.227 e. The molecule has 112 valence electrons. The third-order valence-electron chi connectivity index (χ3n) is 2.99. The van der Waals surface area contributed by atoms with Gasteiger partial charge < -0.3 is 15.8 Å². The van der Waals surface area contributed by atoms with Gasteiger partial charge in [-0.1, -0.05) is 6.92 Å². The molecule has 1 aromatic heterocycles. The van der Waals surface area contributed by atoms with Gasteiger partial charge in [-0.05, 0) is 30.7 Å². The number of hydrogen-bond acceptors (Lipinski definition) is 4. The maximum atomic E-state index is 11.9. The third-order valence-corrected chi connectivity index (χ3v) is 2.99. The van der Waals surface area contributed by atoms with Gasteiger partial charge in [-0.25, -0.2) is 0 Å². The highest BCUT2D eigenvalue weighted by molar-refractivity contribution is 5.91. The second kappa shape index (κ2) is 6.78. The van der Waals surface area contributed by atoms with Gasteiger partial charge in [0.2, 0.25) is 5.91 Å². The Morgan fingerprint density at radius 1 is 1.38 bits per heavy atom. The molecule has 0 saturated carbocycles. The number of ether oxygens (including phenoxy) is 1. The van der Waals surface area contributed by atoms with Crippen LogP contribution in [0.1, 0.15) is 19.0 Å². The highest BCUT2D eigenvalue weighted by Gasteiger charge is 2.09. The lowest BCUT2D eigenvalue weighted by molar-refractivity contribution is -0.116. The Morgan fingerprint density at radius 2 is 2.10 bits per heavy atom. The Bertz CT molecular complexity index is 605. The van der Waals surface area contributed by atoms with Gasteiger partial charge in [0.15, 0.2) is 0 Å². The highest BCUT2D eigenvalue weighted by Crippen LogP contribution is 2.15. The molecule has 0 fully saturated rings. The van der Waals surface area contributed by atoms with Crippen molar-refractivity contribution in [2.24, 2.45) is 7.05 Å². The molecule has 0 aliphatic rings. The molecule has 2 aromatic rings. The number of nitrogens with one attached hydrogen (secondary N) is 1. The van der Waals surface area contributed by atoms with E-state index >= 15 is 0 Å². The Balaban J connectivity index is 1.80. The Morgan fingerprint density at radius 3 is 2.76 bits per heavy atom. The second-order valence-corrected chi connectivity index (χ2v) is 4.73. The largest absolute Gasteiger partial charge is 0.493 e. The molecule has 1 amide bonds. The third kappa shape index (κ3) is 4.24. The van der Waals surface area contributed by atoms with Crippen LogP contribution in [0.2, 0.25) is 0 Å². The fourth-order valence-corrected chi connectivity index (χ4v) is 1.94. The molecule has 3 N–H and O–H groups in total. The van der Waals surface area contributed by atoms with E-state index in [1.807, 2.05) is 14.0 Å². The number of benzene rings is 1. The second-order valence-electron chi connectivity index (χ2n) is 4.73. The molecule has 2 rings (SSSR count). The summed E-state index contributed by atoms with van der Waals surface area (Å²) in [7, 11) is 1.83. The zero-order valence-corrected chi connectivity index (χ0v) is 12.3. The van der Waals surface area contributed by atoms with Crippen LogP contribution in [0.15, 0.2) is 30.5 Å². The number of anilines is 2. The molecular weight excluding hydrogens is 268 g/mol. The number of nitrogens with zero attached hydrogens (tertiary/aromatic N) is 2. The van der Waals surface area contributed by atoms with Crippen LogP contribution in [0.3, 0.4) is 0 Å². The van der Waals surface area contributed by atoms with Crippen LogP contribution in [0.5, 0.6) is 5.75 Å². The van der Waals surface area contributed by atoms with E-state index < -0.39 is 0 Å².